The molecule has 1 amide bonds. The maximum Gasteiger partial charge on any atom is 0.251 e. The molecule has 2 heterocycles. The van der Waals surface area contributed by atoms with Crippen LogP contribution in [-0.2, 0) is 0 Å². The molecule has 1 N–H and O–H groups in total. The monoisotopic (exact) mass is 432 g/mol. The molecule has 2 aliphatic heterocycles. The summed E-state index contributed by atoms with van der Waals surface area (Å²) in [5.74, 6) is 2.39. The summed E-state index contributed by atoms with van der Waals surface area (Å²) in [7, 11) is 0. The minimum Gasteiger partial charge on any atom is -0.350 e. The second kappa shape index (κ2) is 9.57. The zero-order valence-electron chi connectivity index (χ0n) is 15.8. The van der Waals surface area contributed by atoms with Gasteiger partial charge in [-0.05, 0) is 55.3 Å². The molecule has 0 unspecified atom stereocenters. The lowest BCUT2D eigenvalue weighted by atomic mass is 10.0. The zero-order chi connectivity index (χ0) is 19.3. The van der Waals surface area contributed by atoms with Crippen molar-refractivity contribution in [3.05, 3.63) is 70.2 Å². The highest BCUT2D eigenvalue weighted by molar-refractivity contribution is 8.19. The molecule has 0 radical (unpaired) electrons. The van der Waals surface area contributed by atoms with Crippen molar-refractivity contribution in [2.45, 2.75) is 23.5 Å². The molecule has 2 aromatic carbocycles. The maximum absolute atomic E-state index is 12.7. The Kier molecular flexibility index (Phi) is 6.89. The van der Waals surface area contributed by atoms with Crippen molar-refractivity contribution in [1.82, 2.24) is 10.2 Å². The van der Waals surface area contributed by atoms with Crippen LogP contribution in [0.5, 0.6) is 0 Å². The van der Waals surface area contributed by atoms with E-state index in [1.807, 2.05) is 53.9 Å². The summed E-state index contributed by atoms with van der Waals surface area (Å²) in [6, 6.07) is 16.2. The molecule has 6 heteroatoms. The molecule has 148 valence electrons. The Bertz CT molecular complexity index is 802. The van der Waals surface area contributed by atoms with E-state index in [1.165, 1.54) is 29.9 Å². The van der Waals surface area contributed by atoms with Gasteiger partial charge in [0.15, 0.2) is 0 Å². The lowest BCUT2D eigenvalue weighted by molar-refractivity contribution is 0.0938. The number of carbonyl (C=O) groups excluding carboxylic acids is 1. The highest BCUT2D eigenvalue weighted by Crippen LogP contribution is 2.45. The third-order valence-electron chi connectivity index (χ3n) is 5.37. The molecule has 0 bridgehead atoms. The summed E-state index contributed by atoms with van der Waals surface area (Å²) >= 11 is 10.4. The number of amides is 1. The summed E-state index contributed by atoms with van der Waals surface area (Å²) in [5.41, 5.74) is 3.11. The number of nitrogens with zero attached hydrogens (tertiary/aromatic N) is 1. The van der Waals surface area contributed by atoms with Gasteiger partial charge in [0.2, 0.25) is 0 Å². The fourth-order valence-electron chi connectivity index (χ4n) is 3.87. The van der Waals surface area contributed by atoms with Crippen LogP contribution < -0.4 is 5.32 Å². The van der Waals surface area contributed by atoms with Crippen LogP contribution in [0.2, 0.25) is 5.02 Å². The summed E-state index contributed by atoms with van der Waals surface area (Å²) in [6.45, 7) is 2.67. The molecular formula is C22H25ClN2OS2. The third kappa shape index (κ3) is 4.70. The van der Waals surface area contributed by atoms with Crippen LogP contribution >= 0.6 is 35.1 Å². The summed E-state index contributed by atoms with van der Waals surface area (Å²) < 4.78 is 0.511. The number of benzene rings is 2. The SMILES string of the molecule is O=C(NC[C@@H](c1ccccc1Cl)N1CCCC1)c1ccc(C2SCCS2)cc1. The van der Waals surface area contributed by atoms with E-state index in [9.17, 15) is 4.79 Å². The van der Waals surface area contributed by atoms with E-state index >= 15 is 0 Å². The van der Waals surface area contributed by atoms with Crippen LogP contribution in [-0.4, -0.2) is 41.9 Å². The molecule has 4 rings (SSSR count). The van der Waals surface area contributed by atoms with Crippen LogP contribution in [0.4, 0.5) is 0 Å². The van der Waals surface area contributed by atoms with Crippen molar-refractivity contribution in [3.63, 3.8) is 0 Å². The standard InChI is InChI=1S/C22H25ClN2OS2/c23-19-6-2-1-5-18(19)20(25-11-3-4-12-25)15-24-21(26)16-7-9-17(10-8-16)22-27-13-14-28-22/h1-2,5-10,20,22H,3-4,11-15H2,(H,24,26)/t20-/m0/s1. The molecule has 1 atom stereocenters. The van der Waals surface area contributed by atoms with Gasteiger partial charge in [0, 0.05) is 28.6 Å². The molecule has 28 heavy (non-hydrogen) atoms. The number of hydrogen-bond donors (Lipinski definition) is 1. The van der Waals surface area contributed by atoms with Gasteiger partial charge in [-0.3, -0.25) is 9.69 Å². The first-order valence-electron chi connectivity index (χ1n) is 9.82. The highest BCUT2D eigenvalue weighted by atomic mass is 35.5. The van der Waals surface area contributed by atoms with Gasteiger partial charge in [-0.15, -0.1) is 23.5 Å². The minimum absolute atomic E-state index is 0.0190. The van der Waals surface area contributed by atoms with Gasteiger partial charge < -0.3 is 5.32 Å². The van der Waals surface area contributed by atoms with Gasteiger partial charge >= 0.3 is 0 Å². The molecule has 0 aliphatic carbocycles. The second-order valence-corrected chi connectivity index (χ2v) is 10.3. The van der Waals surface area contributed by atoms with Crippen molar-refractivity contribution in [3.8, 4) is 0 Å². The lowest BCUT2D eigenvalue weighted by Crippen LogP contribution is -2.37. The van der Waals surface area contributed by atoms with Crippen LogP contribution in [0.3, 0.4) is 0 Å². The quantitative estimate of drug-likeness (QED) is 0.663. The minimum atomic E-state index is -0.0190. The Balaban J connectivity index is 1.43. The number of likely N-dealkylation sites (tertiary alicyclic amines) is 1. The van der Waals surface area contributed by atoms with Gasteiger partial charge in [0.25, 0.3) is 5.91 Å². The maximum atomic E-state index is 12.7. The number of carbonyl (C=O) groups is 1. The fraction of sp³-hybridized carbons (Fsp3) is 0.409. The van der Waals surface area contributed by atoms with Gasteiger partial charge in [-0.2, -0.15) is 0 Å². The van der Waals surface area contributed by atoms with Crippen LogP contribution in [0.25, 0.3) is 0 Å². The van der Waals surface area contributed by atoms with Gasteiger partial charge in [0.1, 0.15) is 0 Å². The molecule has 3 nitrogen and oxygen atoms in total. The predicted octanol–water partition coefficient (Wildman–Crippen LogP) is 5.39. The molecule has 0 aromatic heterocycles. The number of rotatable bonds is 6. The van der Waals surface area contributed by atoms with E-state index in [1.54, 1.807) is 0 Å². The van der Waals surface area contributed by atoms with E-state index in [-0.39, 0.29) is 11.9 Å². The number of thioether (sulfide) groups is 2. The molecule has 0 spiro atoms. The Morgan fingerprint density at radius 1 is 1.07 bits per heavy atom. The first-order valence-corrected chi connectivity index (χ1v) is 12.3. The average molecular weight is 433 g/mol. The summed E-state index contributed by atoms with van der Waals surface area (Å²) in [5, 5.41) is 3.91. The Hall–Kier alpha value is -1.14. The average Bonchev–Trinajstić information content (AvgIpc) is 3.44. The van der Waals surface area contributed by atoms with E-state index in [0.29, 0.717) is 11.1 Å². The molecular weight excluding hydrogens is 408 g/mol. The summed E-state index contributed by atoms with van der Waals surface area (Å²) in [6.07, 6.45) is 2.40. The third-order valence-corrected chi connectivity index (χ3v) is 8.82. The van der Waals surface area contributed by atoms with Crippen molar-refractivity contribution >= 4 is 41.0 Å². The molecule has 0 saturated carbocycles. The van der Waals surface area contributed by atoms with Crippen molar-refractivity contribution < 1.29 is 4.79 Å². The Labute approximate surface area is 180 Å². The largest absolute Gasteiger partial charge is 0.350 e. The van der Waals surface area contributed by atoms with Crippen LogP contribution in [0.15, 0.2) is 48.5 Å². The first kappa shape index (κ1) is 20.1. The van der Waals surface area contributed by atoms with Crippen LogP contribution in [0, 0.1) is 0 Å². The number of halogens is 1. The number of hydrogen-bond acceptors (Lipinski definition) is 4. The van der Waals surface area contributed by atoms with E-state index in [4.69, 9.17) is 11.6 Å². The van der Waals surface area contributed by atoms with Gasteiger partial charge in [-0.25, -0.2) is 0 Å². The highest BCUT2D eigenvalue weighted by Gasteiger charge is 2.26. The smallest absolute Gasteiger partial charge is 0.251 e. The van der Waals surface area contributed by atoms with Crippen LogP contribution in [0.1, 0.15) is 45.0 Å². The van der Waals surface area contributed by atoms with Gasteiger partial charge in [-0.1, -0.05) is 41.9 Å². The molecule has 2 aliphatic rings. The van der Waals surface area contributed by atoms with Gasteiger partial charge in [0.05, 0.1) is 10.6 Å². The lowest BCUT2D eigenvalue weighted by Gasteiger charge is -2.29. The van der Waals surface area contributed by atoms with Crippen molar-refractivity contribution in [1.29, 1.82) is 0 Å². The van der Waals surface area contributed by atoms with E-state index in [2.05, 4.69) is 28.4 Å². The Morgan fingerprint density at radius 3 is 2.43 bits per heavy atom. The molecule has 2 fully saturated rings. The first-order chi connectivity index (χ1) is 13.7. The van der Waals surface area contributed by atoms with E-state index in [0.717, 1.165) is 29.2 Å². The normalized spacial score (nSPS) is 19.0. The zero-order valence-corrected chi connectivity index (χ0v) is 18.2. The fourth-order valence-corrected chi connectivity index (χ4v) is 6.99. The molecule has 2 saturated heterocycles. The Morgan fingerprint density at radius 2 is 1.75 bits per heavy atom. The predicted molar refractivity (Wildman–Crippen MR) is 121 cm³/mol. The molecule has 2 aromatic rings. The second-order valence-electron chi connectivity index (χ2n) is 7.19. The summed E-state index contributed by atoms with van der Waals surface area (Å²) in [4.78, 5) is 15.2. The van der Waals surface area contributed by atoms with E-state index < -0.39 is 0 Å². The topological polar surface area (TPSA) is 32.3 Å². The van der Waals surface area contributed by atoms with Crippen molar-refractivity contribution in [2.75, 3.05) is 31.1 Å². The number of nitrogens with one attached hydrogen (secondary N) is 1. The van der Waals surface area contributed by atoms with Crippen molar-refractivity contribution in [2.24, 2.45) is 0 Å².